The van der Waals surface area contributed by atoms with E-state index in [9.17, 15) is 19.5 Å². The van der Waals surface area contributed by atoms with Crippen molar-refractivity contribution < 1.29 is 24.2 Å². The Labute approximate surface area is 158 Å². The molecule has 2 fully saturated rings. The molecule has 1 heterocycles. The molecule has 0 spiro atoms. The van der Waals surface area contributed by atoms with Gasteiger partial charge in [0.1, 0.15) is 5.75 Å². The summed E-state index contributed by atoms with van der Waals surface area (Å²) in [7, 11) is 4.79. The predicted molar refractivity (Wildman–Crippen MR) is 99.0 cm³/mol. The van der Waals surface area contributed by atoms with Crippen LogP contribution < -0.4 is 10.1 Å². The van der Waals surface area contributed by atoms with Crippen LogP contribution >= 0.6 is 0 Å². The molecule has 1 aromatic carbocycles. The Bertz CT molecular complexity index is 779. The van der Waals surface area contributed by atoms with Crippen LogP contribution in [0.5, 0.6) is 5.75 Å². The molecule has 1 saturated carbocycles. The Hall–Kier alpha value is -2.77. The van der Waals surface area contributed by atoms with Gasteiger partial charge in [0.05, 0.1) is 18.2 Å². The number of aliphatic carboxylic acids is 1. The van der Waals surface area contributed by atoms with E-state index in [4.69, 9.17) is 4.74 Å². The summed E-state index contributed by atoms with van der Waals surface area (Å²) in [4.78, 5) is 39.6. The number of nitrogens with zero attached hydrogens (tertiary/aromatic N) is 2. The number of carboxylic acid groups (broad SMARTS) is 1. The summed E-state index contributed by atoms with van der Waals surface area (Å²) >= 11 is 0. The molecular formula is C19H25N3O5. The first-order chi connectivity index (χ1) is 12.8. The van der Waals surface area contributed by atoms with Crippen molar-refractivity contribution in [1.82, 2.24) is 9.80 Å². The van der Waals surface area contributed by atoms with Gasteiger partial charge in [0.25, 0.3) is 5.91 Å². The number of rotatable bonds is 4. The van der Waals surface area contributed by atoms with Gasteiger partial charge in [-0.25, -0.2) is 4.79 Å². The molecule has 8 heteroatoms. The zero-order chi connectivity index (χ0) is 19.8. The molecule has 2 aliphatic rings. The number of hydrogen-bond donors (Lipinski definition) is 2. The zero-order valence-corrected chi connectivity index (χ0v) is 15.8. The lowest BCUT2D eigenvalue weighted by molar-refractivity contribution is -0.149. The molecule has 0 unspecified atom stereocenters. The topological polar surface area (TPSA) is 99.2 Å². The Morgan fingerprint density at radius 1 is 1.33 bits per heavy atom. The van der Waals surface area contributed by atoms with Crippen molar-refractivity contribution in [3.63, 3.8) is 0 Å². The molecule has 1 aliphatic heterocycles. The second-order valence-electron chi connectivity index (χ2n) is 7.48. The molecule has 0 aromatic heterocycles. The summed E-state index contributed by atoms with van der Waals surface area (Å²) in [5.74, 6) is -0.600. The van der Waals surface area contributed by atoms with E-state index in [0.29, 0.717) is 30.0 Å². The van der Waals surface area contributed by atoms with Crippen LogP contribution in [0.2, 0.25) is 0 Å². The summed E-state index contributed by atoms with van der Waals surface area (Å²) in [6.45, 7) is 0.663. The number of benzene rings is 1. The number of hydrogen-bond acceptors (Lipinski definition) is 4. The predicted octanol–water partition coefficient (Wildman–Crippen LogP) is 2.12. The minimum absolute atomic E-state index is 0.00253. The first kappa shape index (κ1) is 19.0. The Balaban J connectivity index is 1.75. The van der Waals surface area contributed by atoms with Gasteiger partial charge in [-0.2, -0.15) is 0 Å². The maximum Gasteiger partial charge on any atom is 0.321 e. The van der Waals surface area contributed by atoms with Crippen LogP contribution in [0.25, 0.3) is 0 Å². The highest BCUT2D eigenvalue weighted by Crippen LogP contribution is 2.49. The van der Waals surface area contributed by atoms with Gasteiger partial charge in [0, 0.05) is 32.7 Å². The van der Waals surface area contributed by atoms with Crippen molar-refractivity contribution in [2.75, 3.05) is 39.6 Å². The molecule has 2 N–H and O–H groups in total. The molecule has 3 rings (SSSR count). The fourth-order valence-electron chi connectivity index (χ4n) is 4.17. The third-order valence-electron chi connectivity index (χ3n) is 5.68. The minimum atomic E-state index is -0.816. The number of carbonyl (C=O) groups is 3. The Morgan fingerprint density at radius 2 is 2.07 bits per heavy atom. The number of nitrogens with one attached hydrogen (secondary N) is 1. The molecule has 3 amide bonds. The van der Waals surface area contributed by atoms with E-state index in [2.05, 4.69) is 5.32 Å². The first-order valence-electron chi connectivity index (χ1n) is 8.97. The summed E-state index contributed by atoms with van der Waals surface area (Å²) in [5, 5.41) is 12.4. The quantitative estimate of drug-likeness (QED) is 0.840. The summed E-state index contributed by atoms with van der Waals surface area (Å²) in [5.41, 5.74) is 0.0817. The number of carbonyl (C=O) groups excluding carboxylic acids is 2. The van der Waals surface area contributed by atoms with Crippen LogP contribution in [-0.4, -0.2) is 67.1 Å². The Morgan fingerprint density at radius 3 is 2.67 bits per heavy atom. The number of ether oxygens (including phenoxy) is 1. The monoisotopic (exact) mass is 375 g/mol. The highest BCUT2D eigenvalue weighted by atomic mass is 16.5. The molecule has 0 radical (unpaired) electrons. The molecule has 1 aromatic rings. The van der Waals surface area contributed by atoms with Crippen molar-refractivity contribution in [3.8, 4) is 5.75 Å². The van der Waals surface area contributed by atoms with Crippen LogP contribution in [0.3, 0.4) is 0 Å². The number of anilines is 1. The van der Waals surface area contributed by atoms with E-state index < -0.39 is 11.4 Å². The van der Waals surface area contributed by atoms with E-state index >= 15 is 0 Å². The SMILES string of the molecule is COc1cc(C(=O)N(C)C)ccc1NC(=O)N1C[C@@H]2CCC[C@@]2(C(=O)O)C1. The molecule has 1 aliphatic carbocycles. The van der Waals surface area contributed by atoms with Gasteiger partial charge in [0.15, 0.2) is 0 Å². The number of likely N-dealkylation sites (tertiary alicyclic amines) is 1. The van der Waals surface area contributed by atoms with Gasteiger partial charge in [-0.15, -0.1) is 0 Å². The van der Waals surface area contributed by atoms with Gasteiger partial charge in [-0.1, -0.05) is 6.42 Å². The molecular weight excluding hydrogens is 350 g/mol. The van der Waals surface area contributed by atoms with Crippen molar-refractivity contribution >= 4 is 23.6 Å². The lowest BCUT2D eigenvalue weighted by Gasteiger charge is -2.23. The minimum Gasteiger partial charge on any atom is -0.495 e. The van der Waals surface area contributed by atoms with Gasteiger partial charge >= 0.3 is 12.0 Å². The van der Waals surface area contributed by atoms with Gasteiger partial charge in [-0.3, -0.25) is 9.59 Å². The van der Waals surface area contributed by atoms with Crippen molar-refractivity contribution in [2.24, 2.45) is 11.3 Å². The summed E-state index contributed by atoms with van der Waals surface area (Å²) in [6, 6.07) is 4.47. The maximum atomic E-state index is 12.7. The number of methoxy groups -OCH3 is 1. The lowest BCUT2D eigenvalue weighted by atomic mass is 9.81. The molecule has 27 heavy (non-hydrogen) atoms. The number of amides is 3. The van der Waals surface area contributed by atoms with E-state index in [1.54, 1.807) is 37.2 Å². The lowest BCUT2D eigenvalue weighted by Crippen LogP contribution is -2.38. The third-order valence-corrected chi connectivity index (χ3v) is 5.68. The van der Waals surface area contributed by atoms with Crippen LogP contribution in [0.1, 0.15) is 29.6 Å². The fraction of sp³-hybridized carbons (Fsp3) is 0.526. The van der Waals surface area contributed by atoms with Crippen molar-refractivity contribution in [1.29, 1.82) is 0 Å². The molecule has 2 atom stereocenters. The molecule has 1 saturated heterocycles. The van der Waals surface area contributed by atoms with Crippen molar-refractivity contribution in [3.05, 3.63) is 23.8 Å². The highest BCUT2D eigenvalue weighted by molar-refractivity contribution is 5.97. The first-order valence-corrected chi connectivity index (χ1v) is 8.97. The fourth-order valence-corrected chi connectivity index (χ4v) is 4.17. The molecule has 8 nitrogen and oxygen atoms in total. The Kier molecular flexibility index (Phi) is 4.99. The normalized spacial score (nSPS) is 23.7. The average molecular weight is 375 g/mol. The smallest absolute Gasteiger partial charge is 0.321 e. The second-order valence-corrected chi connectivity index (χ2v) is 7.48. The van der Waals surface area contributed by atoms with E-state index in [1.165, 1.54) is 12.0 Å². The third kappa shape index (κ3) is 3.31. The van der Waals surface area contributed by atoms with Crippen LogP contribution in [-0.2, 0) is 4.79 Å². The molecule has 0 bridgehead atoms. The van der Waals surface area contributed by atoms with E-state index in [0.717, 1.165) is 12.8 Å². The number of fused-ring (bicyclic) bond motifs is 1. The zero-order valence-electron chi connectivity index (χ0n) is 15.8. The van der Waals surface area contributed by atoms with Gasteiger partial charge < -0.3 is 25.0 Å². The number of urea groups is 1. The summed E-state index contributed by atoms with van der Waals surface area (Å²) < 4.78 is 5.31. The largest absolute Gasteiger partial charge is 0.495 e. The van der Waals surface area contributed by atoms with Crippen LogP contribution in [0.4, 0.5) is 10.5 Å². The van der Waals surface area contributed by atoms with Crippen molar-refractivity contribution in [2.45, 2.75) is 19.3 Å². The highest BCUT2D eigenvalue weighted by Gasteiger charge is 2.55. The average Bonchev–Trinajstić information content (AvgIpc) is 3.19. The summed E-state index contributed by atoms with van der Waals surface area (Å²) in [6.07, 6.45) is 2.34. The van der Waals surface area contributed by atoms with E-state index in [-0.39, 0.29) is 24.4 Å². The molecule has 146 valence electrons. The maximum absolute atomic E-state index is 12.7. The standard InChI is InChI=1S/C19H25N3O5/c1-21(2)16(23)12-6-7-14(15(9-12)27-3)20-18(26)22-10-13-5-4-8-19(13,11-22)17(24)25/h6-7,9,13H,4-5,8,10-11H2,1-3H3,(H,20,26)(H,24,25)/t13-,19+/m0/s1. The second kappa shape index (κ2) is 7.09. The van der Waals surface area contributed by atoms with Gasteiger partial charge in [0.2, 0.25) is 0 Å². The van der Waals surface area contributed by atoms with Crippen LogP contribution in [0, 0.1) is 11.3 Å². The van der Waals surface area contributed by atoms with Gasteiger partial charge in [-0.05, 0) is 37.0 Å². The van der Waals surface area contributed by atoms with Crippen LogP contribution in [0.15, 0.2) is 18.2 Å². The van der Waals surface area contributed by atoms with E-state index in [1.807, 2.05) is 0 Å². The number of carboxylic acids is 1.